The highest BCUT2D eigenvalue weighted by atomic mass is 19.2. The van der Waals surface area contributed by atoms with Crippen molar-refractivity contribution in [3.63, 3.8) is 0 Å². The summed E-state index contributed by atoms with van der Waals surface area (Å²) in [5, 5.41) is 0. The molecule has 70 valence electrons. The predicted molar refractivity (Wildman–Crippen MR) is 39.7 cm³/mol. The molecule has 0 fully saturated rings. The summed E-state index contributed by atoms with van der Waals surface area (Å²) in [4.78, 5) is 10.8. The van der Waals surface area contributed by atoms with Gasteiger partial charge in [-0.3, -0.25) is 4.79 Å². The molecule has 13 heavy (non-hydrogen) atoms. The summed E-state index contributed by atoms with van der Waals surface area (Å²) in [6.07, 6.45) is 0. The lowest BCUT2D eigenvalue weighted by molar-refractivity contribution is 0.0992. The fraction of sp³-hybridized carbons (Fsp3) is 0.125. The van der Waals surface area contributed by atoms with Crippen LogP contribution in [0.2, 0.25) is 0 Å². The van der Waals surface area contributed by atoms with Crippen LogP contribution in [-0.2, 0) is 0 Å². The van der Waals surface area contributed by atoms with Crippen molar-refractivity contribution >= 4 is 5.78 Å². The van der Waals surface area contributed by atoms with Gasteiger partial charge in [-0.1, -0.05) is 0 Å². The fourth-order valence-electron chi connectivity index (χ4n) is 0.885. The number of Topliss-reactive ketones (excluding diaryl/α,β-unsaturated/α-hetero) is 1. The lowest BCUT2D eigenvalue weighted by Crippen LogP contribution is -2.17. The smallest absolute Gasteiger partial charge is 0.182 e. The number of carbonyl (C=O) groups excluding carboxylic acids is 1. The van der Waals surface area contributed by atoms with E-state index in [0.717, 1.165) is 0 Å². The van der Waals surface area contributed by atoms with E-state index in [-0.39, 0.29) is 0 Å². The highest BCUT2D eigenvalue weighted by molar-refractivity contribution is 5.97. The molecule has 0 unspecified atom stereocenters. The first kappa shape index (κ1) is 9.73. The van der Waals surface area contributed by atoms with Crippen molar-refractivity contribution in [3.05, 3.63) is 35.1 Å². The molecule has 2 nitrogen and oxygen atoms in total. The molecule has 1 rings (SSSR count). The lowest BCUT2D eigenvalue weighted by Gasteiger charge is -2.02. The molecule has 1 aromatic carbocycles. The van der Waals surface area contributed by atoms with Gasteiger partial charge in [-0.2, -0.15) is 0 Å². The molecule has 0 bridgehead atoms. The van der Waals surface area contributed by atoms with Crippen molar-refractivity contribution in [2.45, 2.75) is 0 Å². The first-order valence-corrected chi connectivity index (χ1v) is 3.44. The Morgan fingerprint density at radius 1 is 1.23 bits per heavy atom. The molecule has 0 aliphatic carbocycles. The van der Waals surface area contributed by atoms with Crippen LogP contribution in [0.5, 0.6) is 0 Å². The highest BCUT2D eigenvalue weighted by Gasteiger charge is 2.18. The largest absolute Gasteiger partial charge is 0.324 e. The van der Waals surface area contributed by atoms with E-state index >= 15 is 0 Å². The topological polar surface area (TPSA) is 43.1 Å². The molecule has 0 heterocycles. The second-order valence-electron chi connectivity index (χ2n) is 2.35. The summed E-state index contributed by atoms with van der Waals surface area (Å²) in [6, 6.07) is 1.29. The van der Waals surface area contributed by atoms with Crippen molar-refractivity contribution in [2.75, 3.05) is 6.54 Å². The zero-order valence-electron chi connectivity index (χ0n) is 6.48. The summed E-state index contributed by atoms with van der Waals surface area (Å²) < 4.78 is 38.1. The number of ketones is 1. The molecule has 0 saturated heterocycles. The van der Waals surface area contributed by atoms with Crippen LogP contribution < -0.4 is 5.73 Å². The second kappa shape index (κ2) is 3.57. The Hall–Kier alpha value is -1.36. The number of carbonyl (C=O) groups is 1. The van der Waals surface area contributed by atoms with Crippen molar-refractivity contribution in [2.24, 2.45) is 5.73 Å². The second-order valence-corrected chi connectivity index (χ2v) is 2.35. The molecule has 0 atom stereocenters. The van der Waals surface area contributed by atoms with E-state index in [4.69, 9.17) is 5.73 Å². The minimum Gasteiger partial charge on any atom is -0.324 e. The number of halogens is 3. The van der Waals surface area contributed by atoms with Crippen LogP contribution in [0.15, 0.2) is 12.1 Å². The summed E-state index contributed by atoms with van der Waals surface area (Å²) in [7, 11) is 0. The standard InChI is InChI=1S/C8H6F3NO/c9-4-1-2-5(10)8(11)7(4)6(13)3-12/h1-2H,3,12H2. The van der Waals surface area contributed by atoms with Gasteiger partial charge in [0.2, 0.25) is 0 Å². The van der Waals surface area contributed by atoms with Crippen LogP contribution >= 0.6 is 0 Å². The Labute approximate surface area is 72.2 Å². The average molecular weight is 189 g/mol. The number of nitrogens with two attached hydrogens (primary N) is 1. The van der Waals surface area contributed by atoms with E-state index in [0.29, 0.717) is 12.1 Å². The molecular weight excluding hydrogens is 183 g/mol. The van der Waals surface area contributed by atoms with Crippen molar-refractivity contribution in [3.8, 4) is 0 Å². The highest BCUT2D eigenvalue weighted by Crippen LogP contribution is 2.15. The van der Waals surface area contributed by atoms with Crippen LogP contribution in [0.1, 0.15) is 10.4 Å². The van der Waals surface area contributed by atoms with Crippen molar-refractivity contribution in [1.29, 1.82) is 0 Å². The Morgan fingerprint density at radius 2 is 1.77 bits per heavy atom. The molecule has 0 aromatic heterocycles. The summed E-state index contributed by atoms with van der Waals surface area (Å²) in [6.45, 7) is -0.558. The van der Waals surface area contributed by atoms with Crippen LogP contribution in [0.4, 0.5) is 13.2 Å². The van der Waals surface area contributed by atoms with Gasteiger partial charge in [-0.25, -0.2) is 13.2 Å². The molecule has 2 N–H and O–H groups in total. The monoisotopic (exact) mass is 189 g/mol. The molecule has 0 saturated carbocycles. The number of hydrogen-bond acceptors (Lipinski definition) is 2. The molecule has 0 radical (unpaired) electrons. The van der Waals surface area contributed by atoms with Crippen LogP contribution in [-0.4, -0.2) is 12.3 Å². The minimum atomic E-state index is -1.49. The van der Waals surface area contributed by atoms with Gasteiger partial charge in [0.1, 0.15) is 5.82 Å². The van der Waals surface area contributed by atoms with Crippen LogP contribution in [0.25, 0.3) is 0 Å². The Bertz CT molecular complexity index is 351. The van der Waals surface area contributed by atoms with Gasteiger partial charge in [0.15, 0.2) is 17.4 Å². The van der Waals surface area contributed by atoms with E-state index in [1.54, 1.807) is 0 Å². The minimum absolute atomic E-state index is 0.558. The van der Waals surface area contributed by atoms with Gasteiger partial charge >= 0.3 is 0 Å². The Balaban J connectivity index is 3.33. The zero-order chi connectivity index (χ0) is 10.0. The van der Waals surface area contributed by atoms with Crippen molar-refractivity contribution in [1.82, 2.24) is 0 Å². The predicted octanol–water partition coefficient (Wildman–Crippen LogP) is 1.25. The van der Waals surface area contributed by atoms with Gasteiger partial charge < -0.3 is 5.73 Å². The van der Waals surface area contributed by atoms with Gasteiger partial charge in [0.05, 0.1) is 12.1 Å². The molecule has 0 amide bonds. The number of benzene rings is 1. The third-order valence-electron chi connectivity index (χ3n) is 1.51. The Kier molecular flexibility index (Phi) is 2.67. The first-order chi connectivity index (χ1) is 6.07. The summed E-state index contributed by atoms with van der Waals surface area (Å²) in [5.74, 6) is -4.82. The first-order valence-electron chi connectivity index (χ1n) is 3.44. The fourth-order valence-corrected chi connectivity index (χ4v) is 0.885. The Morgan fingerprint density at radius 3 is 2.31 bits per heavy atom. The SMILES string of the molecule is NCC(=O)c1c(F)ccc(F)c1F. The molecule has 5 heteroatoms. The summed E-state index contributed by atoms with van der Waals surface area (Å²) in [5.41, 5.74) is 3.97. The molecule has 0 aliphatic rings. The van der Waals surface area contributed by atoms with E-state index in [1.807, 2.05) is 0 Å². The quantitative estimate of drug-likeness (QED) is 0.562. The number of rotatable bonds is 2. The van der Waals surface area contributed by atoms with E-state index in [2.05, 4.69) is 0 Å². The van der Waals surface area contributed by atoms with Crippen LogP contribution in [0.3, 0.4) is 0 Å². The third kappa shape index (κ3) is 1.70. The lowest BCUT2D eigenvalue weighted by atomic mass is 10.1. The van der Waals surface area contributed by atoms with Gasteiger partial charge in [0, 0.05) is 0 Å². The molecular formula is C8H6F3NO. The normalized spacial score (nSPS) is 10.2. The van der Waals surface area contributed by atoms with Gasteiger partial charge in [0.25, 0.3) is 0 Å². The zero-order valence-corrected chi connectivity index (χ0v) is 6.48. The average Bonchev–Trinajstić information content (AvgIpc) is 2.12. The van der Waals surface area contributed by atoms with E-state index in [9.17, 15) is 18.0 Å². The molecule has 0 spiro atoms. The van der Waals surface area contributed by atoms with E-state index < -0.39 is 35.3 Å². The summed E-state index contributed by atoms with van der Waals surface area (Å²) >= 11 is 0. The van der Waals surface area contributed by atoms with Gasteiger partial charge in [-0.05, 0) is 12.1 Å². The van der Waals surface area contributed by atoms with Crippen LogP contribution in [0, 0.1) is 17.5 Å². The van der Waals surface area contributed by atoms with E-state index in [1.165, 1.54) is 0 Å². The maximum absolute atomic E-state index is 12.8. The van der Waals surface area contributed by atoms with Gasteiger partial charge in [-0.15, -0.1) is 0 Å². The van der Waals surface area contributed by atoms with Crippen molar-refractivity contribution < 1.29 is 18.0 Å². The molecule has 1 aromatic rings. The third-order valence-corrected chi connectivity index (χ3v) is 1.51. The maximum Gasteiger partial charge on any atom is 0.182 e. The maximum atomic E-state index is 12.8. The molecule has 0 aliphatic heterocycles. The number of hydrogen-bond donors (Lipinski definition) is 1.